The fraction of sp³-hybridized carbons (Fsp3) is 0.125. The number of ether oxygens (including phenoxy) is 2. The molecule has 9 heteroatoms. The first-order valence-corrected chi connectivity index (χ1v) is 16.4. The molecule has 1 unspecified atom stereocenters. The highest BCUT2D eigenvalue weighted by molar-refractivity contribution is 8.00. The summed E-state index contributed by atoms with van der Waals surface area (Å²) in [6, 6.07) is 36.6. The van der Waals surface area contributed by atoms with E-state index in [1.165, 1.54) is 26.0 Å². The highest BCUT2D eigenvalue weighted by Gasteiger charge is 2.24. The number of aryl methyl sites for hydroxylation is 2. The molecule has 248 valence electrons. The fourth-order valence-corrected chi connectivity index (χ4v) is 6.29. The maximum atomic E-state index is 13.8. The van der Waals surface area contributed by atoms with Crippen LogP contribution in [0.3, 0.4) is 0 Å². The highest BCUT2D eigenvalue weighted by atomic mass is 32.2. The molecule has 0 saturated carbocycles. The first-order valence-electron chi connectivity index (χ1n) is 15.6. The molecule has 1 atom stereocenters. The smallest absolute Gasteiger partial charge is 0.272 e. The molecule has 0 aliphatic heterocycles. The van der Waals surface area contributed by atoms with Crippen LogP contribution in [0.4, 0.5) is 11.4 Å². The lowest BCUT2D eigenvalue weighted by Crippen LogP contribution is -2.30. The molecule has 5 aromatic rings. The molecule has 0 aromatic heterocycles. The summed E-state index contributed by atoms with van der Waals surface area (Å²) in [6.07, 6.45) is 1.54. The van der Waals surface area contributed by atoms with Crippen molar-refractivity contribution in [2.75, 3.05) is 24.9 Å². The van der Waals surface area contributed by atoms with Gasteiger partial charge in [0.15, 0.2) is 11.5 Å². The van der Waals surface area contributed by atoms with E-state index in [0.717, 1.165) is 27.3 Å². The second kappa shape index (κ2) is 16.3. The van der Waals surface area contributed by atoms with Crippen molar-refractivity contribution in [2.24, 2.45) is 0 Å². The van der Waals surface area contributed by atoms with Gasteiger partial charge < -0.3 is 25.4 Å². The number of thioether (sulfide) groups is 1. The first kappa shape index (κ1) is 34.5. The summed E-state index contributed by atoms with van der Waals surface area (Å²) in [5.74, 6) is -0.278. The summed E-state index contributed by atoms with van der Waals surface area (Å²) >= 11 is 1.37. The van der Waals surface area contributed by atoms with Gasteiger partial charge in [0.1, 0.15) is 10.9 Å². The van der Waals surface area contributed by atoms with Crippen molar-refractivity contribution >= 4 is 46.9 Å². The number of carbonyl (C=O) groups excluding carboxylic acids is 3. The number of hydrogen-bond donors (Lipinski definition) is 3. The second-order valence-corrected chi connectivity index (χ2v) is 12.3. The van der Waals surface area contributed by atoms with E-state index in [2.05, 4.69) is 16.0 Å². The zero-order valence-electron chi connectivity index (χ0n) is 27.7. The van der Waals surface area contributed by atoms with Crippen molar-refractivity contribution in [3.8, 4) is 11.5 Å². The van der Waals surface area contributed by atoms with Crippen LogP contribution in [0.25, 0.3) is 6.08 Å². The number of para-hydroxylation sites is 2. The number of anilines is 2. The quantitative estimate of drug-likeness (QED) is 0.0913. The molecule has 5 rings (SSSR count). The van der Waals surface area contributed by atoms with Crippen LogP contribution < -0.4 is 25.4 Å². The minimum atomic E-state index is -0.577. The molecule has 0 radical (unpaired) electrons. The Morgan fingerprint density at radius 1 is 0.714 bits per heavy atom. The number of hydrogen-bond acceptors (Lipinski definition) is 6. The Bertz CT molecular complexity index is 1960. The van der Waals surface area contributed by atoms with Crippen LogP contribution in [0.15, 0.2) is 132 Å². The summed E-state index contributed by atoms with van der Waals surface area (Å²) in [5, 5.41) is 8.23. The van der Waals surface area contributed by atoms with E-state index in [1.807, 2.05) is 74.5 Å². The topological polar surface area (TPSA) is 106 Å². The summed E-state index contributed by atoms with van der Waals surface area (Å²) in [6.45, 7) is 3.93. The molecule has 0 aliphatic rings. The van der Waals surface area contributed by atoms with E-state index in [-0.39, 0.29) is 11.6 Å². The van der Waals surface area contributed by atoms with Crippen LogP contribution in [0.2, 0.25) is 0 Å². The molecule has 0 saturated heterocycles. The van der Waals surface area contributed by atoms with Gasteiger partial charge in [-0.05, 0) is 73.0 Å². The Kier molecular flexibility index (Phi) is 11.5. The minimum Gasteiger partial charge on any atom is -0.493 e. The molecule has 5 aromatic carbocycles. The molecular weight excluding hydrogens is 635 g/mol. The van der Waals surface area contributed by atoms with Gasteiger partial charge in [0, 0.05) is 27.4 Å². The predicted molar refractivity (Wildman–Crippen MR) is 196 cm³/mol. The Morgan fingerprint density at radius 3 is 2.04 bits per heavy atom. The molecule has 3 N–H and O–H groups in total. The van der Waals surface area contributed by atoms with Gasteiger partial charge in [-0.3, -0.25) is 14.4 Å². The predicted octanol–water partition coefficient (Wildman–Crippen LogP) is 8.20. The first-order chi connectivity index (χ1) is 23.8. The van der Waals surface area contributed by atoms with E-state index < -0.39 is 17.1 Å². The van der Waals surface area contributed by atoms with E-state index in [9.17, 15) is 14.4 Å². The van der Waals surface area contributed by atoms with Crippen molar-refractivity contribution in [3.63, 3.8) is 0 Å². The zero-order valence-corrected chi connectivity index (χ0v) is 28.5. The number of rotatable bonds is 12. The minimum absolute atomic E-state index is 0.00592. The van der Waals surface area contributed by atoms with Gasteiger partial charge in [0.05, 0.1) is 14.2 Å². The molecule has 3 amide bonds. The Hall–Kier alpha value is -5.80. The number of methoxy groups -OCH3 is 2. The van der Waals surface area contributed by atoms with Crippen molar-refractivity contribution < 1.29 is 23.9 Å². The average molecular weight is 672 g/mol. The summed E-state index contributed by atoms with van der Waals surface area (Å²) in [7, 11) is 3.03. The molecule has 0 heterocycles. The Balaban J connectivity index is 1.43. The van der Waals surface area contributed by atoms with Gasteiger partial charge in [0.2, 0.25) is 5.91 Å². The van der Waals surface area contributed by atoms with Crippen LogP contribution in [-0.2, 0) is 9.59 Å². The van der Waals surface area contributed by atoms with E-state index >= 15 is 0 Å². The Labute approximate surface area is 290 Å². The number of amides is 3. The average Bonchev–Trinajstić information content (AvgIpc) is 3.12. The van der Waals surface area contributed by atoms with Gasteiger partial charge in [-0.1, -0.05) is 84.9 Å². The van der Waals surface area contributed by atoms with Crippen molar-refractivity contribution in [1.29, 1.82) is 0 Å². The van der Waals surface area contributed by atoms with Gasteiger partial charge in [-0.15, -0.1) is 11.8 Å². The Morgan fingerprint density at radius 2 is 1.37 bits per heavy atom. The van der Waals surface area contributed by atoms with Crippen LogP contribution in [0, 0.1) is 13.8 Å². The number of carbonyl (C=O) groups is 3. The van der Waals surface area contributed by atoms with E-state index in [1.54, 1.807) is 66.7 Å². The summed E-state index contributed by atoms with van der Waals surface area (Å²) in [5.41, 5.74) is 4.98. The molecule has 0 spiro atoms. The normalized spacial score (nSPS) is 11.6. The highest BCUT2D eigenvalue weighted by Crippen LogP contribution is 2.38. The summed E-state index contributed by atoms with van der Waals surface area (Å²) in [4.78, 5) is 41.6. The van der Waals surface area contributed by atoms with Gasteiger partial charge in [-0.2, -0.15) is 0 Å². The van der Waals surface area contributed by atoms with Crippen LogP contribution >= 0.6 is 11.8 Å². The van der Waals surface area contributed by atoms with Crippen LogP contribution in [-0.4, -0.2) is 31.9 Å². The lowest BCUT2D eigenvalue weighted by Gasteiger charge is -2.19. The van der Waals surface area contributed by atoms with Crippen molar-refractivity contribution in [3.05, 3.63) is 155 Å². The van der Waals surface area contributed by atoms with Crippen molar-refractivity contribution in [2.45, 2.75) is 24.0 Å². The zero-order chi connectivity index (χ0) is 34.8. The third kappa shape index (κ3) is 8.77. The number of benzene rings is 5. The number of nitrogens with one attached hydrogen (secondary N) is 3. The molecule has 0 bridgehead atoms. The van der Waals surface area contributed by atoms with Crippen LogP contribution in [0.1, 0.15) is 37.9 Å². The SMILES string of the molecule is COc1cccc(/C=C(/NC(=O)c2ccccc2)C(=O)Nc2cccc(SC(C(=O)Nc3c(C)cccc3C)c3ccccc3)c2)c1OC. The van der Waals surface area contributed by atoms with Gasteiger partial charge in [-0.25, -0.2) is 0 Å². The molecule has 8 nitrogen and oxygen atoms in total. The maximum Gasteiger partial charge on any atom is 0.272 e. The monoisotopic (exact) mass is 671 g/mol. The summed E-state index contributed by atoms with van der Waals surface area (Å²) < 4.78 is 11.0. The second-order valence-electron chi connectivity index (χ2n) is 11.1. The third-order valence-corrected chi connectivity index (χ3v) is 8.93. The third-order valence-electron chi connectivity index (χ3n) is 7.68. The van der Waals surface area contributed by atoms with Gasteiger partial charge >= 0.3 is 0 Å². The van der Waals surface area contributed by atoms with E-state index in [0.29, 0.717) is 28.3 Å². The molecule has 49 heavy (non-hydrogen) atoms. The molecule has 0 aliphatic carbocycles. The fourth-order valence-electron chi connectivity index (χ4n) is 5.21. The standard InChI is InChI=1S/C40H37N3O5S/c1-26-14-11-15-27(2)35(26)43-40(46)37(28-16-7-5-8-17-28)49-32-22-13-21-31(25-32)41-39(45)33(42-38(44)29-18-9-6-10-19-29)24-30-20-12-23-34(47-3)36(30)48-4/h5-25,37H,1-4H3,(H,41,45)(H,42,44)(H,43,46)/b33-24+. The lowest BCUT2D eigenvalue weighted by molar-refractivity contribution is -0.116. The van der Waals surface area contributed by atoms with E-state index in [4.69, 9.17) is 9.47 Å². The largest absolute Gasteiger partial charge is 0.493 e. The lowest BCUT2D eigenvalue weighted by atomic mass is 10.1. The molecular formula is C40H37N3O5S. The van der Waals surface area contributed by atoms with Gasteiger partial charge in [0.25, 0.3) is 11.8 Å². The molecule has 0 fully saturated rings. The maximum absolute atomic E-state index is 13.8. The van der Waals surface area contributed by atoms with Crippen LogP contribution in [0.5, 0.6) is 11.5 Å². The van der Waals surface area contributed by atoms with Crippen molar-refractivity contribution in [1.82, 2.24) is 5.32 Å².